The zero-order valence-electron chi connectivity index (χ0n) is 15.6. The van der Waals surface area contributed by atoms with E-state index in [1.54, 1.807) is 29.2 Å². The summed E-state index contributed by atoms with van der Waals surface area (Å²) in [6.45, 7) is 1.50. The monoisotopic (exact) mass is 469 g/mol. The molecule has 3 heterocycles. The van der Waals surface area contributed by atoms with Gasteiger partial charge in [-0.05, 0) is 30.3 Å². The van der Waals surface area contributed by atoms with Gasteiger partial charge in [0.05, 0.1) is 29.6 Å². The number of nitrogens with zero attached hydrogens (tertiary/aromatic N) is 2. The van der Waals surface area contributed by atoms with Crippen LogP contribution in [0.5, 0.6) is 0 Å². The zero-order chi connectivity index (χ0) is 21.3. The molecule has 2 aromatic rings. The first-order chi connectivity index (χ1) is 14.4. The van der Waals surface area contributed by atoms with Gasteiger partial charge in [0.2, 0.25) is 0 Å². The molecular weight excluding hydrogens is 453 g/mol. The SMILES string of the molecule is O=C(NC[C@H]1CN(c2ccc(N3CCOCC3=O)cc2)C(=O)O1)c1cc(Cl)c(Cl)s1. The Hall–Kier alpha value is -2.33. The number of hydrogen-bond donors (Lipinski definition) is 1. The fourth-order valence-corrected chi connectivity index (χ4v) is 4.48. The summed E-state index contributed by atoms with van der Waals surface area (Å²) < 4.78 is 10.8. The molecule has 1 N–H and O–H groups in total. The van der Waals surface area contributed by atoms with Gasteiger partial charge >= 0.3 is 6.09 Å². The number of hydrogen-bond acceptors (Lipinski definition) is 6. The number of nitrogens with one attached hydrogen (secondary N) is 1. The quantitative estimate of drug-likeness (QED) is 0.726. The van der Waals surface area contributed by atoms with Gasteiger partial charge < -0.3 is 19.7 Å². The number of halogens is 2. The molecule has 0 radical (unpaired) electrons. The van der Waals surface area contributed by atoms with Gasteiger partial charge in [-0.1, -0.05) is 23.2 Å². The third-order valence-electron chi connectivity index (χ3n) is 4.69. The number of morpholine rings is 1. The van der Waals surface area contributed by atoms with Crippen LogP contribution in [-0.2, 0) is 14.3 Å². The standard InChI is InChI=1S/C19H17Cl2N3O5S/c20-14-7-15(30-17(14)21)18(26)22-8-13-9-24(19(27)29-13)12-3-1-11(2-4-12)23-5-6-28-10-16(23)25/h1-4,7,13H,5-6,8-10H2,(H,22,26)/t13-/m0/s1. The fraction of sp³-hybridized carbons (Fsp3) is 0.316. The second kappa shape index (κ2) is 8.81. The number of rotatable bonds is 5. The summed E-state index contributed by atoms with van der Waals surface area (Å²) in [5.41, 5.74) is 1.40. The van der Waals surface area contributed by atoms with E-state index in [-0.39, 0.29) is 25.0 Å². The molecule has 0 unspecified atom stereocenters. The molecule has 0 spiro atoms. The van der Waals surface area contributed by atoms with Crippen LogP contribution in [0.3, 0.4) is 0 Å². The highest BCUT2D eigenvalue weighted by Crippen LogP contribution is 2.31. The van der Waals surface area contributed by atoms with Crippen molar-refractivity contribution in [2.24, 2.45) is 0 Å². The molecule has 2 saturated heterocycles. The number of ether oxygens (including phenoxy) is 2. The normalized spacial score (nSPS) is 19.2. The minimum atomic E-state index is -0.494. The van der Waals surface area contributed by atoms with Crippen molar-refractivity contribution in [3.8, 4) is 0 Å². The molecule has 2 aliphatic rings. The van der Waals surface area contributed by atoms with Gasteiger partial charge in [0, 0.05) is 17.9 Å². The van der Waals surface area contributed by atoms with E-state index < -0.39 is 12.2 Å². The summed E-state index contributed by atoms with van der Waals surface area (Å²) in [5, 5.41) is 3.05. The van der Waals surface area contributed by atoms with E-state index >= 15 is 0 Å². The molecule has 0 bridgehead atoms. The predicted molar refractivity (Wildman–Crippen MR) is 114 cm³/mol. The van der Waals surface area contributed by atoms with Gasteiger partial charge in [-0.15, -0.1) is 11.3 Å². The van der Waals surface area contributed by atoms with Crippen LogP contribution in [0.15, 0.2) is 30.3 Å². The summed E-state index contributed by atoms with van der Waals surface area (Å²) in [6.07, 6.45) is -0.987. The minimum absolute atomic E-state index is 0.0669. The minimum Gasteiger partial charge on any atom is -0.442 e. The molecule has 0 aliphatic carbocycles. The summed E-state index contributed by atoms with van der Waals surface area (Å²) >= 11 is 12.8. The summed E-state index contributed by atoms with van der Waals surface area (Å²) in [5.74, 6) is -0.429. The maximum Gasteiger partial charge on any atom is 0.414 e. The number of amides is 3. The average molecular weight is 470 g/mol. The highest BCUT2D eigenvalue weighted by Gasteiger charge is 2.33. The molecule has 158 valence electrons. The smallest absolute Gasteiger partial charge is 0.414 e. The number of benzene rings is 1. The predicted octanol–water partition coefficient (Wildman–Crippen LogP) is 3.17. The molecule has 8 nitrogen and oxygen atoms in total. The highest BCUT2D eigenvalue weighted by molar-refractivity contribution is 7.18. The third-order valence-corrected chi connectivity index (χ3v) is 6.56. The Labute approximate surface area is 186 Å². The van der Waals surface area contributed by atoms with Crippen LogP contribution in [0, 0.1) is 0 Å². The lowest BCUT2D eigenvalue weighted by molar-refractivity contribution is -0.125. The van der Waals surface area contributed by atoms with Crippen molar-refractivity contribution in [1.82, 2.24) is 5.32 Å². The lowest BCUT2D eigenvalue weighted by Gasteiger charge is -2.27. The van der Waals surface area contributed by atoms with Crippen LogP contribution in [0.25, 0.3) is 0 Å². The van der Waals surface area contributed by atoms with E-state index in [1.807, 2.05) is 0 Å². The van der Waals surface area contributed by atoms with Gasteiger partial charge in [0.25, 0.3) is 11.8 Å². The number of thiophene rings is 1. The van der Waals surface area contributed by atoms with E-state index in [4.69, 9.17) is 32.7 Å². The zero-order valence-corrected chi connectivity index (χ0v) is 17.9. The van der Waals surface area contributed by atoms with E-state index in [1.165, 1.54) is 11.0 Å². The molecule has 2 aliphatic heterocycles. The topological polar surface area (TPSA) is 88.2 Å². The van der Waals surface area contributed by atoms with Crippen molar-refractivity contribution in [3.05, 3.63) is 44.6 Å². The lowest BCUT2D eigenvalue weighted by Crippen LogP contribution is -2.41. The Morgan fingerprint density at radius 2 is 1.87 bits per heavy atom. The molecule has 30 heavy (non-hydrogen) atoms. The summed E-state index contributed by atoms with van der Waals surface area (Å²) in [7, 11) is 0. The van der Waals surface area contributed by atoms with Crippen LogP contribution in [0.1, 0.15) is 9.67 Å². The van der Waals surface area contributed by atoms with Gasteiger partial charge in [0.15, 0.2) is 0 Å². The van der Waals surface area contributed by atoms with Crippen LogP contribution >= 0.6 is 34.5 Å². The highest BCUT2D eigenvalue weighted by atomic mass is 35.5. The Morgan fingerprint density at radius 1 is 1.17 bits per heavy atom. The molecule has 11 heteroatoms. The van der Waals surface area contributed by atoms with Gasteiger partial charge in [0.1, 0.15) is 17.0 Å². The Bertz CT molecular complexity index is 962. The molecule has 0 saturated carbocycles. The molecule has 2 fully saturated rings. The summed E-state index contributed by atoms with van der Waals surface area (Å²) in [6, 6.07) is 8.58. The molecule has 3 amide bonds. The molecule has 1 atom stereocenters. The molecule has 4 rings (SSSR count). The van der Waals surface area contributed by atoms with Crippen LogP contribution < -0.4 is 15.1 Å². The van der Waals surface area contributed by atoms with Crippen molar-refractivity contribution in [1.29, 1.82) is 0 Å². The van der Waals surface area contributed by atoms with E-state index in [9.17, 15) is 14.4 Å². The number of carbonyl (C=O) groups excluding carboxylic acids is 3. The van der Waals surface area contributed by atoms with Gasteiger partial charge in [-0.3, -0.25) is 14.5 Å². The second-order valence-corrected chi connectivity index (χ2v) is 8.73. The van der Waals surface area contributed by atoms with Crippen molar-refractivity contribution in [3.63, 3.8) is 0 Å². The first-order valence-corrected chi connectivity index (χ1v) is 10.7. The van der Waals surface area contributed by atoms with Crippen molar-refractivity contribution in [2.75, 3.05) is 42.6 Å². The van der Waals surface area contributed by atoms with Crippen molar-refractivity contribution in [2.45, 2.75) is 6.10 Å². The lowest BCUT2D eigenvalue weighted by atomic mass is 10.2. The molecule has 1 aromatic carbocycles. The second-order valence-electron chi connectivity index (χ2n) is 6.67. The van der Waals surface area contributed by atoms with Crippen LogP contribution in [0.4, 0.5) is 16.2 Å². The Kier molecular flexibility index (Phi) is 6.14. The van der Waals surface area contributed by atoms with E-state index in [0.717, 1.165) is 17.0 Å². The van der Waals surface area contributed by atoms with Crippen LogP contribution in [0.2, 0.25) is 9.36 Å². The number of cyclic esters (lactones) is 1. The maximum absolute atomic E-state index is 12.3. The number of anilines is 2. The first-order valence-electron chi connectivity index (χ1n) is 9.11. The average Bonchev–Trinajstić information content (AvgIpc) is 3.28. The Balaban J connectivity index is 1.35. The largest absolute Gasteiger partial charge is 0.442 e. The maximum atomic E-state index is 12.3. The van der Waals surface area contributed by atoms with Crippen molar-refractivity contribution >= 4 is 63.8 Å². The van der Waals surface area contributed by atoms with Gasteiger partial charge in [-0.2, -0.15) is 0 Å². The van der Waals surface area contributed by atoms with Gasteiger partial charge in [-0.25, -0.2) is 4.79 Å². The first kappa shape index (κ1) is 20.9. The third kappa shape index (κ3) is 4.39. The van der Waals surface area contributed by atoms with E-state index in [2.05, 4.69) is 5.32 Å². The van der Waals surface area contributed by atoms with E-state index in [0.29, 0.717) is 39.6 Å². The molecule has 1 aromatic heterocycles. The van der Waals surface area contributed by atoms with Crippen molar-refractivity contribution < 1.29 is 23.9 Å². The fourth-order valence-electron chi connectivity index (χ4n) is 3.19. The molecular formula is C19H17Cl2N3O5S. The summed E-state index contributed by atoms with van der Waals surface area (Å²) in [4.78, 5) is 39.9. The number of carbonyl (C=O) groups is 3. The Morgan fingerprint density at radius 3 is 2.50 bits per heavy atom. The van der Waals surface area contributed by atoms with Crippen LogP contribution in [-0.4, -0.2) is 56.9 Å².